The van der Waals surface area contributed by atoms with Crippen molar-refractivity contribution in [3.05, 3.63) is 53.6 Å². The maximum atomic E-state index is 11.1. The van der Waals surface area contributed by atoms with Gasteiger partial charge in [-0.1, -0.05) is 18.2 Å². The zero-order valence-electron chi connectivity index (χ0n) is 9.84. The summed E-state index contributed by atoms with van der Waals surface area (Å²) in [6.07, 6.45) is 0. The van der Waals surface area contributed by atoms with Crippen LogP contribution in [0.5, 0.6) is 5.75 Å². The minimum absolute atomic E-state index is 0.174. The second-order valence-corrected chi connectivity index (χ2v) is 3.93. The highest BCUT2D eigenvalue weighted by Gasteiger charge is 2.10. The molecule has 0 heterocycles. The molecule has 0 unspecified atom stereocenters. The molecule has 0 aliphatic carbocycles. The van der Waals surface area contributed by atoms with Gasteiger partial charge in [-0.2, -0.15) is 0 Å². The first-order chi connectivity index (χ1) is 8.59. The van der Waals surface area contributed by atoms with Crippen molar-refractivity contribution in [1.82, 2.24) is 0 Å². The molecule has 0 saturated heterocycles. The van der Waals surface area contributed by atoms with Crippen molar-refractivity contribution >= 4 is 17.3 Å². The first-order valence-corrected chi connectivity index (χ1v) is 5.47. The number of phenols is 1. The van der Waals surface area contributed by atoms with Gasteiger partial charge in [0.15, 0.2) is 0 Å². The first kappa shape index (κ1) is 12.0. The SMILES string of the molecule is Cc1c(O)cccc1Nc1ccccc1C(=O)O. The molecule has 0 aromatic heterocycles. The third kappa shape index (κ3) is 2.27. The van der Waals surface area contributed by atoms with E-state index in [1.165, 1.54) is 6.07 Å². The average molecular weight is 243 g/mol. The number of nitrogens with one attached hydrogen (secondary N) is 1. The number of rotatable bonds is 3. The highest BCUT2D eigenvalue weighted by Crippen LogP contribution is 2.28. The Bertz CT molecular complexity index is 593. The highest BCUT2D eigenvalue weighted by atomic mass is 16.4. The third-order valence-electron chi connectivity index (χ3n) is 2.73. The quantitative estimate of drug-likeness (QED) is 0.774. The van der Waals surface area contributed by atoms with Gasteiger partial charge in [0.1, 0.15) is 5.75 Å². The van der Waals surface area contributed by atoms with Crippen LogP contribution in [0.4, 0.5) is 11.4 Å². The lowest BCUT2D eigenvalue weighted by molar-refractivity contribution is 0.0698. The first-order valence-electron chi connectivity index (χ1n) is 5.47. The van der Waals surface area contributed by atoms with Gasteiger partial charge in [0.05, 0.1) is 11.3 Å². The normalized spacial score (nSPS) is 10.1. The molecule has 0 saturated carbocycles. The number of phenolic OH excluding ortho intramolecular Hbond substituents is 1. The topological polar surface area (TPSA) is 69.6 Å². The van der Waals surface area contributed by atoms with Gasteiger partial charge in [-0.05, 0) is 31.2 Å². The lowest BCUT2D eigenvalue weighted by atomic mass is 10.1. The van der Waals surface area contributed by atoms with Crippen molar-refractivity contribution in [2.24, 2.45) is 0 Å². The van der Waals surface area contributed by atoms with Crippen molar-refractivity contribution in [3.8, 4) is 5.75 Å². The molecule has 2 aromatic carbocycles. The van der Waals surface area contributed by atoms with E-state index in [1.807, 2.05) is 0 Å². The van der Waals surface area contributed by atoms with Crippen LogP contribution in [0, 0.1) is 6.92 Å². The molecular weight excluding hydrogens is 230 g/mol. The monoisotopic (exact) mass is 243 g/mol. The summed E-state index contributed by atoms with van der Waals surface area (Å²) in [6, 6.07) is 11.7. The van der Waals surface area contributed by atoms with E-state index in [0.29, 0.717) is 16.9 Å². The van der Waals surface area contributed by atoms with Crippen LogP contribution < -0.4 is 5.32 Å². The Morgan fingerprint density at radius 3 is 2.44 bits per heavy atom. The molecule has 92 valence electrons. The molecule has 2 aromatic rings. The predicted octanol–water partition coefficient (Wildman–Crippen LogP) is 3.14. The fourth-order valence-electron chi connectivity index (χ4n) is 1.68. The number of benzene rings is 2. The molecule has 0 aliphatic heterocycles. The van der Waals surface area contributed by atoms with Crippen LogP contribution >= 0.6 is 0 Å². The van der Waals surface area contributed by atoms with E-state index in [4.69, 9.17) is 5.11 Å². The Balaban J connectivity index is 2.40. The summed E-state index contributed by atoms with van der Waals surface area (Å²) in [5.41, 5.74) is 2.06. The van der Waals surface area contributed by atoms with Crippen LogP contribution in [0.2, 0.25) is 0 Å². The number of carboxylic acid groups (broad SMARTS) is 1. The molecule has 0 spiro atoms. The summed E-state index contributed by atoms with van der Waals surface area (Å²) in [5.74, 6) is -0.816. The summed E-state index contributed by atoms with van der Waals surface area (Å²) >= 11 is 0. The van der Waals surface area contributed by atoms with Gasteiger partial charge >= 0.3 is 5.97 Å². The van der Waals surface area contributed by atoms with Crippen molar-refractivity contribution in [3.63, 3.8) is 0 Å². The van der Waals surface area contributed by atoms with E-state index in [-0.39, 0.29) is 11.3 Å². The van der Waals surface area contributed by atoms with Gasteiger partial charge in [0, 0.05) is 11.3 Å². The molecular formula is C14H13NO3. The fraction of sp³-hybridized carbons (Fsp3) is 0.0714. The standard InChI is InChI=1S/C14H13NO3/c1-9-11(7-4-8-13(9)16)15-12-6-3-2-5-10(12)14(17)18/h2-8,15-16H,1H3,(H,17,18). The second kappa shape index (κ2) is 4.79. The maximum Gasteiger partial charge on any atom is 0.337 e. The average Bonchev–Trinajstić information content (AvgIpc) is 2.35. The Labute approximate surface area is 105 Å². The number of para-hydroxylation sites is 1. The molecule has 0 amide bonds. The molecule has 3 N–H and O–H groups in total. The minimum Gasteiger partial charge on any atom is -0.508 e. The molecule has 0 fully saturated rings. The molecule has 18 heavy (non-hydrogen) atoms. The van der Waals surface area contributed by atoms with E-state index in [9.17, 15) is 9.90 Å². The van der Waals surface area contributed by atoms with E-state index < -0.39 is 5.97 Å². The Morgan fingerprint density at radius 2 is 1.72 bits per heavy atom. The number of anilines is 2. The number of hydrogen-bond donors (Lipinski definition) is 3. The van der Waals surface area contributed by atoms with Crippen LogP contribution in [0.15, 0.2) is 42.5 Å². The molecule has 2 rings (SSSR count). The van der Waals surface area contributed by atoms with Gasteiger partial charge in [-0.25, -0.2) is 4.79 Å². The Kier molecular flexibility index (Phi) is 3.19. The summed E-state index contributed by atoms with van der Waals surface area (Å²) in [5, 5.41) is 21.7. The van der Waals surface area contributed by atoms with Gasteiger partial charge in [0.25, 0.3) is 0 Å². The molecule has 0 aliphatic rings. The zero-order chi connectivity index (χ0) is 13.1. The Hall–Kier alpha value is -2.49. The van der Waals surface area contributed by atoms with E-state index >= 15 is 0 Å². The van der Waals surface area contributed by atoms with Gasteiger partial charge in [-0.15, -0.1) is 0 Å². The number of aromatic hydroxyl groups is 1. The van der Waals surface area contributed by atoms with E-state index in [2.05, 4.69) is 5.32 Å². The number of hydrogen-bond acceptors (Lipinski definition) is 3. The van der Waals surface area contributed by atoms with Crippen molar-refractivity contribution in [2.75, 3.05) is 5.32 Å². The summed E-state index contributed by atoms with van der Waals surface area (Å²) in [4.78, 5) is 11.1. The molecule has 4 nitrogen and oxygen atoms in total. The highest BCUT2D eigenvalue weighted by molar-refractivity contribution is 5.95. The maximum absolute atomic E-state index is 11.1. The number of carbonyl (C=O) groups is 1. The van der Waals surface area contributed by atoms with Crippen molar-refractivity contribution in [1.29, 1.82) is 0 Å². The van der Waals surface area contributed by atoms with Gasteiger partial charge in [0.2, 0.25) is 0 Å². The third-order valence-corrected chi connectivity index (χ3v) is 2.73. The number of carboxylic acids is 1. The molecule has 4 heteroatoms. The van der Waals surface area contributed by atoms with Crippen LogP contribution in [-0.2, 0) is 0 Å². The van der Waals surface area contributed by atoms with Crippen LogP contribution in [0.25, 0.3) is 0 Å². The van der Waals surface area contributed by atoms with Crippen LogP contribution in [0.3, 0.4) is 0 Å². The Morgan fingerprint density at radius 1 is 1.06 bits per heavy atom. The lowest BCUT2D eigenvalue weighted by Crippen LogP contribution is -2.03. The van der Waals surface area contributed by atoms with E-state index in [0.717, 1.165) is 0 Å². The summed E-state index contributed by atoms with van der Waals surface area (Å²) in [7, 11) is 0. The lowest BCUT2D eigenvalue weighted by Gasteiger charge is -2.12. The largest absolute Gasteiger partial charge is 0.508 e. The second-order valence-electron chi connectivity index (χ2n) is 3.93. The predicted molar refractivity (Wildman–Crippen MR) is 69.5 cm³/mol. The van der Waals surface area contributed by atoms with Gasteiger partial charge in [-0.3, -0.25) is 0 Å². The van der Waals surface area contributed by atoms with Crippen LogP contribution in [-0.4, -0.2) is 16.2 Å². The summed E-state index contributed by atoms with van der Waals surface area (Å²) in [6.45, 7) is 1.76. The van der Waals surface area contributed by atoms with Gasteiger partial charge < -0.3 is 15.5 Å². The van der Waals surface area contributed by atoms with E-state index in [1.54, 1.807) is 43.3 Å². The van der Waals surface area contributed by atoms with Crippen LogP contribution in [0.1, 0.15) is 15.9 Å². The molecule has 0 radical (unpaired) electrons. The molecule has 0 atom stereocenters. The summed E-state index contributed by atoms with van der Waals surface area (Å²) < 4.78 is 0. The fourth-order valence-corrected chi connectivity index (χ4v) is 1.68. The number of aromatic carboxylic acids is 1. The smallest absolute Gasteiger partial charge is 0.337 e. The van der Waals surface area contributed by atoms with Crippen molar-refractivity contribution < 1.29 is 15.0 Å². The minimum atomic E-state index is -0.990. The zero-order valence-corrected chi connectivity index (χ0v) is 9.84. The van der Waals surface area contributed by atoms with Crippen molar-refractivity contribution in [2.45, 2.75) is 6.92 Å². The molecule has 0 bridgehead atoms.